The van der Waals surface area contributed by atoms with E-state index in [0.29, 0.717) is 28.6 Å². The van der Waals surface area contributed by atoms with E-state index in [0.717, 1.165) is 0 Å². The van der Waals surface area contributed by atoms with Gasteiger partial charge >= 0.3 is 11.9 Å². The Hall–Kier alpha value is -3.86. The predicted molar refractivity (Wildman–Crippen MR) is 134 cm³/mol. The number of hydrogen-bond acceptors (Lipinski definition) is 10. The van der Waals surface area contributed by atoms with Gasteiger partial charge in [0.25, 0.3) is 0 Å². The van der Waals surface area contributed by atoms with Gasteiger partial charge in [-0.3, -0.25) is 4.79 Å². The number of rotatable bonds is 1. The van der Waals surface area contributed by atoms with E-state index in [9.17, 15) is 14.7 Å². The molecule has 0 aliphatic carbocycles. The molecule has 0 radical (unpaired) electrons. The molecular formula is C27H32N2O8. The average Bonchev–Trinajstić information content (AvgIpc) is 2.86. The lowest BCUT2D eigenvalue weighted by molar-refractivity contribution is -0.462. The van der Waals surface area contributed by atoms with E-state index in [-0.39, 0.29) is 24.2 Å². The first-order chi connectivity index (χ1) is 17.8. The van der Waals surface area contributed by atoms with Gasteiger partial charge < -0.3 is 30.0 Å². The Bertz CT molecular complexity index is 1120. The maximum Gasteiger partial charge on any atom is 0.342 e. The van der Waals surface area contributed by atoms with Crippen LogP contribution in [0.4, 0.5) is 0 Å². The van der Waals surface area contributed by atoms with Gasteiger partial charge in [0.15, 0.2) is 11.1 Å². The van der Waals surface area contributed by atoms with Crippen molar-refractivity contribution in [1.82, 2.24) is 5.39 Å². The number of cyclic esters (lactones) is 1. The maximum atomic E-state index is 13.5. The van der Waals surface area contributed by atoms with Crippen molar-refractivity contribution in [3.05, 3.63) is 89.4 Å². The number of hydrogen-bond donors (Lipinski definition) is 2. The molecule has 198 valence electrons. The highest BCUT2D eigenvalue weighted by Crippen LogP contribution is 2.27. The van der Waals surface area contributed by atoms with Crippen molar-refractivity contribution >= 4 is 11.9 Å². The molecule has 2 heterocycles. The van der Waals surface area contributed by atoms with Crippen molar-refractivity contribution in [2.45, 2.75) is 51.4 Å². The Morgan fingerprint density at radius 3 is 2.78 bits per heavy atom. The van der Waals surface area contributed by atoms with Gasteiger partial charge in [-0.05, 0) is 61.8 Å². The highest BCUT2D eigenvalue weighted by Gasteiger charge is 2.26. The first kappa shape index (κ1) is 27.7. The Morgan fingerprint density at radius 2 is 2.00 bits per heavy atom. The van der Waals surface area contributed by atoms with E-state index >= 15 is 0 Å². The van der Waals surface area contributed by atoms with Gasteiger partial charge in [0, 0.05) is 12.1 Å². The first-order valence-corrected chi connectivity index (χ1v) is 11.8. The van der Waals surface area contributed by atoms with Crippen molar-refractivity contribution in [3.8, 4) is 5.75 Å². The lowest BCUT2D eigenvalue weighted by Gasteiger charge is -2.21. The summed E-state index contributed by atoms with van der Waals surface area (Å²) in [7, 11) is 1.32. The van der Waals surface area contributed by atoms with Crippen molar-refractivity contribution in [1.29, 1.82) is 0 Å². The number of fused-ring (bicyclic) bond motifs is 2. The molecule has 3 unspecified atom stereocenters. The molecule has 2 aliphatic rings. The minimum atomic E-state index is -0.896. The highest BCUT2D eigenvalue weighted by molar-refractivity contribution is 5.94. The van der Waals surface area contributed by atoms with Crippen LogP contribution in [0, 0.1) is 0 Å². The Balaban J connectivity index is 2.11. The number of benzene rings is 1. The largest absolute Gasteiger partial charge is 0.458 e. The molecule has 10 nitrogen and oxygen atoms in total. The third-order valence-electron chi connectivity index (χ3n) is 5.52. The highest BCUT2D eigenvalue weighted by atomic mass is 17.2. The number of esters is 2. The second kappa shape index (κ2) is 13.4. The van der Waals surface area contributed by atoms with Crippen molar-refractivity contribution in [2.75, 3.05) is 7.11 Å². The van der Waals surface area contributed by atoms with Crippen LogP contribution in [0.2, 0.25) is 0 Å². The summed E-state index contributed by atoms with van der Waals surface area (Å²) in [6.07, 6.45) is 10.7. The summed E-state index contributed by atoms with van der Waals surface area (Å²) in [5.41, 5.74) is 7.70. The number of aliphatic hydroxyl groups excluding tert-OH is 1. The van der Waals surface area contributed by atoms with Crippen molar-refractivity contribution in [2.24, 2.45) is 5.73 Å². The van der Waals surface area contributed by atoms with E-state index in [4.69, 9.17) is 29.7 Å². The molecule has 0 saturated heterocycles. The van der Waals surface area contributed by atoms with Crippen LogP contribution in [-0.4, -0.2) is 47.9 Å². The SMILES string of the molecule is CON1O\C=C/C=C(N)/C=C/CC2CC(=O)OC(C)/C=C/C(O)/C(C)=C\Cc3cccc(c3C(=O)O2)O1. The third kappa shape index (κ3) is 8.35. The van der Waals surface area contributed by atoms with Gasteiger partial charge in [-0.25, -0.2) is 9.63 Å². The van der Waals surface area contributed by atoms with Crippen LogP contribution in [0.15, 0.2) is 78.3 Å². The lowest BCUT2D eigenvalue weighted by atomic mass is 10.0. The summed E-state index contributed by atoms with van der Waals surface area (Å²) < 4.78 is 11.2. The maximum absolute atomic E-state index is 13.5. The fourth-order valence-electron chi connectivity index (χ4n) is 3.55. The van der Waals surface area contributed by atoms with Gasteiger partial charge in [-0.2, -0.15) is 0 Å². The molecule has 3 atom stereocenters. The topological polar surface area (TPSA) is 130 Å². The van der Waals surface area contributed by atoms with E-state index in [1.807, 2.05) is 0 Å². The minimum Gasteiger partial charge on any atom is -0.458 e. The van der Waals surface area contributed by atoms with E-state index in [1.54, 1.807) is 68.5 Å². The van der Waals surface area contributed by atoms with Crippen LogP contribution < -0.4 is 10.6 Å². The summed E-state index contributed by atoms with van der Waals surface area (Å²) in [6.45, 7) is 3.45. The third-order valence-corrected chi connectivity index (χ3v) is 5.52. The number of allylic oxidation sites excluding steroid dienone is 4. The summed E-state index contributed by atoms with van der Waals surface area (Å²) in [4.78, 5) is 42.3. The predicted octanol–water partition coefficient (Wildman–Crippen LogP) is 3.36. The number of carbonyl (C=O) groups is 2. The summed E-state index contributed by atoms with van der Waals surface area (Å²) in [5.74, 6) is -1.17. The molecule has 3 rings (SSSR count). The molecule has 0 aromatic heterocycles. The van der Waals surface area contributed by atoms with Gasteiger partial charge in [-0.15, -0.1) is 0 Å². The van der Waals surface area contributed by atoms with Crippen LogP contribution >= 0.6 is 0 Å². The average molecular weight is 513 g/mol. The molecule has 37 heavy (non-hydrogen) atoms. The number of nitrogens with zero attached hydrogens (tertiary/aromatic N) is 1. The molecule has 0 saturated carbocycles. The Kier molecular flexibility index (Phi) is 10.1. The van der Waals surface area contributed by atoms with Gasteiger partial charge in [0.2, 0.25) is 0 Å². The summed E-state index contributed by atoms with van der Waals surface area (Å²) >= 11 is 0. The molecule has 2 bridgehead atoms. The minimum absolute atomic E-state index is 0.101. The number of nitrogens with two attached hydrogens (primary N) is 1. The summed E-state index contributed by atoms with van der Waals surface area (Å²) in [6, 6.07) is 5.01. The fourth-order valence-corrected chi connectivity index (χ4v) is 3.55. The van der Waals surface area contributed by atoms with Crippen molar-refractivity contribution in [3.63, 3.8) is 0 Å². The Morgan fingerprint density at radius 1 is 1.19 bits per heavy atom. The Labute approximate surface area is 215 Å². The second-order valence-corrected chi connectivity index (χ2v) is 8.43. The van der Waals surface area contributed by atoms with E-state index in [1.165, 1.54) is 19.4 Å². The zero-order valence-corrected chi connectivity index (χ0v) is 21.0. The van der Waals surface area contributed by atoms with E-state index < -0.39 is 30.3 Å². The molecule has 1 aromatic rings. The molecule has 0 amide bonds. The van der Waals surface area contributed by atoms with Crippen LogP contribution in [0.5, 0.6) is 5.75 Å². The molecule has 0 fully saturated rings. The van der Waals surface area contributed by atoms with Gasteiger partial charge in [-0.1, -0.05) is 30.4 Å². The van der Waals surface area contributed by atoms with Crippen LogP contribution in [0.3, 0.4) is 0 Å². The molecular weight excluding hydrogens is 480 g/mol. The first-order valence-electron chi connectivity index (χ1n) is 11.8. The smallest absolute Gasteiger partial charge is 0.342 e. The molecule has 1 aromatic carbocycles. The molecule has 0 spiro atoms. The zero-order valence-electron chi connectivity index (χ0n) is 21.0. The van der Waals surface area contributed by atoms with Crippen LogP contribution in [0.1, 0.15) is 42.6 Å². The molecule has 2 aliphatic heterocycles. The number of carbonyl (C=O) groups excluding carboxylic acids is 2. The quantitative estimate of drug-likeness (QED) is 0.427. The van der Waals surface area contributed by atoms with E-state index in [2.05, 4.69) is 0 Å². The van der Waals surface area contributed by atoms with Crippen LogP contribution in [-0.2, 0) is 30.4 Å². The zero-order chi connectivity index (χ0) is 26.8. The van der Waals surface area contributed by atoms with Gasteiger partial charge in [0.05, 0.1) is 19.6 Å². The van der Waals surface area contributed by atoms with Crippen LogP contribution in [0.25, 0.3) is 0 Å². The fraction of sp³-hybridized carbons (Fsp3) is 0.333. The summed E-state index contributed by atoms with van der Waals surface area (Å²) in [5, 5.41) is 11.2. The monoisotopic (exact) mass is 512 g/mol. The molecule has 3 N–H and O–H groups in total. The van der Waals surface area contributed by atoms with Gasteiger partial charge in [0.1, 0.15) is 24.0 Å². The normalized spacial score (nSPS) is 29.6. The number of ether oxygens (including phenoxy) is 2. The second-order valence-electron chi connectivity index (χ2n) is 8.43. The molecule has 10 heteroatoms. The van der Waals surface area contributed by atoms with Crippen molar-refractivity contribution < 1.29 is 38.7 Å². The number of aliphatic hydroxyl groups is 1. The standard InChI is InChI=1S/C27H32N2O8/c1-18-12-14-20-7-4-11-24-26(20)27(32)36-22(17-25(31)35-19(2)13-15-23(18)30)10-5-8-21(28)9-6-16-34-29(33-3)37-24/h4-9,11-13,15-16,19,22-23,30H,10,14,17,28H2,1-3H3/b8-5+,15-13+,16-6-,18-12-,21-9-. The lowest BCUT2D eigenvalue weighted by Crippen LogP contribution is -2.27.